The number of hydrogen-bond acceptors (Lipinski definition) is 5. The molecule has 5 heteroatoms. The molecule has 1 atom stereocenters. The molecule has 0 bridgehead atoms. The van der Waals surface area contributed by atoms with E-state index in [-0.39, 0.29) is 11.9 Å². The predicted molar refractivity (Wildman–Crippen MR) is 64.2 cm³/mol. The Labute approximate surface area is 101 Å². The second-order valence-corrected chi connectivity index (χ2v) is 4.26. The average Bonchev–Trinajstić information content (AvgIpc) is 2.78. The van der Waals surface area contributed by atoms with Crippen molar-refractivity contribution in [1.82, 2.24) is 9.97 Å². The summed E-state index contributed by atoms with van der Waals surface area (Å²) in [6.45, 7) is 4.90. The molecular weight excluding hydrogens is 218 g/mol. The minimum Gasteiger partial charge on any atom is -0.376 e. The van der Waals surface area contributed by atoms with Gasteiger partial charge in [0, 0.05) is 19.3 Å². The van der Waals surface area contributed by atoms with Gasteiger partial charge in [0.05, 0.1) is 17.4 Å². The van der Waals surface area contributed by atoms with Crippen LogP contribution in [0.3, 0.4) is 0 Å². The van der Waals surface area contributed by atoms with Gasteiger partial charge in [0.1, 0.15) is 0 Å². The summed E-state index contributed by atoms with van der Waals surface area (Å²) in [5.74, 6) is 0.552. The molecule has 5 nitrogen and oxygen atoms in total. The van der Waals surface area contributed by atoms with Crippen molar-refractivity contribution in [1.29, 1.82) is 0 Å². The van der Waals surface area contributed by atoms with Gasteiger partial charge in [-0.1, -0.05) is 0 Å². The Morgan fingerprint density at radius 3 is 3.06 bits per heavy atom. The number of aryl methyl sites for hydroxylation is 1. The first-order chi connectivity index (χ1) is 8.16. The zero-order chi connectivity index (χ0) is 12.3. The highest BCUT2D eigenvalue weighted by Crippen LogP contribution is 2.13. The smallest absolute Gasteiger partial charge is 0.222 e. The number of aromatic nitrogens is 2. The molecular formula is C12H17N3O2. The maximum atomic E-state index is 11.2. The van der Waals surface area contributed by atoms with Gasteiger partial charge in [0.25, 0.3) is 0 Å². The largest absolute Gasteiger partial charge is 0.376 e. The van der Waals surface area contributed by atoms with Crippen LogP contribution in [0.5, 0.6) is 0 Å². The van der Waals surface area contributed by atoms with Gasteiger partial charge in [-0.2, -0.15) is 0 Å². The molecule has 0 saturated carbocycles. The number of hydrogen-bond donors (Lipinski definition) is 1. The van der Waals surface area contributed by atoms with Crippen LogP contribution in [0.4, 0.5) is 5.95 Å². The van der Waals surface area contributed by atoms with E-state index in [9.17, 15) is 4.79 Å². The summed E-state index contributed by atoms with van der Waals surface area (Å²) in [7, 11) is 0. The van der Waals surface area contributed by atoms with Crippen LogP contribution in [0.15, 0.2) is 6.20 Å². The molecule has 1 aliphatic rings. The third-order valence-electron chi connectivity index (χ3n) is 2.87. The normalized spacial score (nSPS) is 19.3. The summed E-state index contributed by atoms with van der Waals surface area (Å²) in [6, 6.07) is 0. The van der Waals surface area contributed by atoms with Gasteiger partial charge in [-0.15, -0.1) is 0 Å². The van der Waals surface area contributed by atoms with Crippen LogP contribution in [-0.4, -0.2) is 35.0 Å². The average molecular weight is 235 g/mol. The lowest BCUT2D eigenvalue weighted by molar-refractivity contribution is 0.101. The first-order valence-electron chi connectivity index (χ1n) is 5.87. The first kappa shape index (κ1) is 12.0. The fraction of sp³-hybridized carbons (Fsp3) is 0.583. The van der Waals surface area contributed by atoms with Crippen LogP contribution in [-0.2, 0) is 4.74 Å². The number of rotatable bonds is 4. The van der Waals surface area contributed by atoms with Crippen molar-refractivity contribution in [2.45, 2.75) is 32.8 Å². The van der Waals surface area contributed by atoms with Gasteiger partial charge < -0.3 is 10.1 Å². The Balaban J connectivity index is 1.97. The predicted octanol–water partition coefficient (Wildman–Crippen LogP) is 1.58. The monoisotopic (exact) mass is 235 g/mol. The zero-order valence-electron chi connectivity index (χ0n) is 10.2. The minimum atomic E-state index is -0.00632. The van der Waals surface area contributed by atoms with Crippen molar-refractivity contribution >= 4 is 11.7 Å². The highest BCUT2D eigenvalue weighted by Gasteiger charge is 2.15. The molecule has 0 spiro atoms. The van der Waals surface area contributed by atoms with Crippen molar-refractivity contribution in [2.75, 3.05) is 18.5 Å². The van der Waals surface area contributed by atoms with Crippen LogP contribution in [0.25, 0.3) is 0 Å². The zero-order valence-corrected chi connectivity index (χ0v) is 10.2. The number of nitrogens with zero attached hydrogens (tertiary/aromatic N) is 2. The lowest BCUT2D eigenvalue weighted by Gasteiger charge is -2.11. The molecule has 2 rings (SSSR count). The van der Waals surface area contributed by atoms with Crippen molar-refractivity contribution in [3.05, 3.63) is 17.5 Å². The molecule has 1 aromatic heterocycles. The number of nitrogens with one attached hydrogen (secondary N) is 1. The van der Waals surface area contributed by atoms with E-state index in [1.54, 1.807) is 6.20 Å². The molecule has 2 heterocycles. The molecule has 1 aromatic rings. The Morgan fingerprint density at radius 1 is 1.65 bits per heavy atom. The molecule has 0 unspecified atom stereocenters. The maximum absolute atomic E-state index is 11.2. The Morgan fingerprint density at radius 2 is 2.47 bits per heavy atom. The minimum absolute atomic E-state index is 0.00632. The topological polar surface area (TPSA) is 64.1 Å². The van der Waals surface area contributed by atoms with Gasteiger partial charge in [0.15, 0.2) is 5.78 Å². The number of carbonyl (C=O) groups excluding carboxylic acids is 1. The van der Waals surface area contributed by atoms with Gasteiger partial charge in [-0.3, -0.25) is 4.79 Å². The molecule has 17 heavy (non-hydrogen) atoms. The van der Waals surface area contributed by atoms with Gasteiger partial charge in [0.2, 0.25) is 5.95 Å². The van der Waals surface area contributed by atoms with Crippen LogP contribution in [0.2, 0.25) is 0 Å². The van der Waals surface area contributed by atoms with E-state index < -0.39 is 0 Å². The molecule has 1 N–H and O–H groups in total. The lowest BCUT2D eigenvalue weighted by Crippen LogP contribution is -2.20. The lowest BCUT2D eigenvalue weighted by atomic mass is 10.2. The summed E-state index contributed by atoms with van der Waals surface area (Å²) in [5, 5.41) is 3.14. The van der Waals surface area contributed by atoms with E-state index in [1.807, 2.05) is 6.92 Å². The van der Waals surface area contributed by atoms with Crippen LogP contribution >= 0.6 is 0 Å². The quantitative estimate of drug-likeness (QED) is 0.803. The highest BCUT2D eigenvalue weighted by molar-refractivity contribution is 5.94. The number of Topliss-reactive ketones (excluding diaryl/α,β-unsaturated/α-hetero) is 1. The van der Waals surface area contributed by atoms with E-state index in [4.69, 9.17) is 4.74 Å². The number of anilines is 1. The second-order valence-electron chi connectivity index (χ2n) is 4.26. The third kappa shape index (κ3) is 3.00. The fourth-order valence-corrected chi connectivity index (χ4v) is 1.91. The van der Waals surface area contributed by atoms with Gasteiger partial charge in [-0.25, -0.2) is 9.97 Å². The molecule has 0 aromatic carbocycles. The summed E-state index contributed by atoms with van der Waals surface area (Å²) in [6.07, 6.45) is 4.03. The molecule has 1 aliphatic heterocycles. The van der Waals surface area contributed by atoms with Crippen LogP contribution in [0.1, 0.15) is 35.8 Å². The standard InChI is InChI=1S/C12H17N3O2/c1-8-11(9(2)16)7-14-12(15-8)13-6-10-4-3-5-17-10/h7,10H,3-6H2,1-2H3,(H,13,14,15)/t10-/m0/s1. The Bertz CT molecular complexity index is 414. The van der Waals surface area contributed by atoms with Crippen molar-refractivity contribution in [2.24, 2.45) is 0 Å². The van der Waals surface area contributed by atoms with Crippen molar-refractivity contribution < 1.29 is 9.53 Å². The third-order valence-corrected chi connectivity index (χ3v) is 2.87. The van der Waals surface area contributed by atoms with Gasteiger partial charge >= 0.3 is 0 Å². The highest BCUT2D eigenvalue weighted by atomic mass is 16.5. The molecule has 0 radical (unpaired) electrons. The summed E-state index contributed by atoms with van der Waals surface area (Å²) < 4.78 is 5.49. The number of ether oxygens (including phenoxy) is 1. The molecule has 1 fully saturated rings. The fourth-order valence-electron chi connectivity index (χ4n) is 1.91. The maximum Gasteiger partial charge on any atom is 0.222 e. The number of ketones is 1. The summed E-state index contributed by atoms with van der Waals surface area (Å²) in [4.78, 5) is 19.6. The van der Waals surface area contributed by atoms with E-state index in [0.29, 0.717) is 17.2 Å². The second kappa shape index (κ2) is 5.23. The van der Waals surface area contributed by atoms with Crippen LogP contribution in [0, 0.1) is 6.92 Å². The SMILES string of the molecule is CC(=O)c1cnc(NC[C@@H]2CCCO2)nc1C. The molecule has 0 aliphatic carbocycles. The molecule has 92 valence electrons. The van der Waals surface area contributed by atoms with E-state index >= 15 is 0 Å². The summed E-state index contributed by atoms with van der Waals surface area (Å²) >= 11 is 0. The van der Waals surface area contributed by atoms with Crippen LogP contribution < -0.4 is 5.32 Å². The summed E-state index contributed by atoms with van der Waals surface area (Å²) in [5.41, 5.74) is 1.29. The van der Waals surface area contributed by atoms with Crippen molar-refractivity contribution in [3.8, 4) is 0 Å². The first-order valence-corrected chi connectivity index (χ1v) is 5.87. The van der Waals surface area contributed by atoms with E-state index in [0.717, 1.165) is 26.0 Å². The Kier molecular flexibility index (Phi) is 3.68. The van der Waals surface area contributed by atoms with E-state index in [1.165, 1.54) is 6.92 Å². The Hall–Kier alpha value is -1.49. The number of carbonyl (C=O) groups is 1. The molecule has 1 saturated heterocycles. The molecule has 0 amide bonds. The van der Waals surface area contributed by atoms with Crippen molar-refractivity contribution in [3.63, 3.8) is 0 Å². The van der Waals surface area contributed by atoms with Gasteiger partial charge in [-0.05, 0) is 26.7 Å². The van der Waals surface area contributed by atoms with E-state index in [2.05, 4.69) is 15.3 Å².